The van der Waals surface area contributed by atoms with Crippen molar-refractivity contribution >= 4 is 34.0 Å². The predicted molar refractivity (Wildman–Crippen MR) is 82.1 cm³/mol. The Morgan fingerprint density at radius 3 is 2.82 bits per heavy atom. The number of anilines is 2. The van der Waals surface area contributed by atoms with Crippen LogP contribution in [0.15, 0.2) is 18.2 Å². The van der Waals surface area contributed by atoms with Crippen molar-refractivity contribution in [1.82, 2.24) is 10.2 Å². The van der Waals surface area contributed by atoms with Crippen molar-refractivity contribution in [2.75, 3.05) is 10.6 Å². The van der Waals surface area contributed by atoms with E-state index >= 15 is 0 Å². The van der Waals surface area contributed by atoms with Gasteiger partial charge in [0.2, 0.25) is 5.13 Å². The highest BCUT2D eigenvalue weighted by atomic mass is 32.1. The molecule has 2 amide bonds. The summed E-state index contributed by atoms with van der Waals surface area (Å²) in [6.45, 7) is 5.11. The quantitative estimate of drug-likeness (QED) is 0.825. The maximum absolute atomic E-state index is 12.4. The van der Waals surface area contributed by atoms with E-state index in [-0.39, 0.29) is 0 Å². The topological polar surface area (TPSA) is 93.2 Å². The Kier molecular flexibility index (Phi) is 3.32. The highest BCUT2D eigenvalue weighted by Gasteiger charge is 2.47. The molecule has 1 aromatic carbocycles. The Hall–Kier alpha value is -2.48. The molecular weight excluding hydrogens is 304 g/mol. The van der Waals surface area contributed by atoms with Crippen LogP contribution in [0.25, 0.3) is 0 Å². The van der Waals surface area contributed by atoms with Gasteiger partial charge in [-0.1, -0.05) is 17.4 Å². The van der Waals surface area contributed by atoms with Crippen LogP contribution in [0.1, 0.15) is 17.5 Å². The lowest BCUT2D eigenvalue weighted by molar-refractivity contribution is -0.143. The van der Waals surface area contributed by atoms with Crippen molar-refractivity contribution < 1.29 is 14.3 Å². The molecule has 0 bridgehead atoms. The molecule has 3 rings (SSSR count). The number of ether oxygens (including phenoxy) is 1. The van der Waals surface area contributed by atoms with Crippen LogP contribution in [0.4, 0.5) is 10.8 Å². The van der Waals surface area contributed by atoms with Crippen LogP contribution >= 0.6 is 11.3 Å². The van der Waals surface area contributed by atoms with E-state index in [2.05, 4.69) is 20.8 Å². The van der Waals surface area contributed by atoms with E-state index in [4.69, 9.17) is 4.74 Å². The molecule has 0 fully saturated rings. The lowest BCUT2D eigenvalue weighted by atomic mass is 10.0. The first-order chi connectivity index (χ1) is 10.4. The number of hydrogen-bond acceptors (Lipinski definition) is 6. The van der Waals surface area contributed by atoms with Crippen LogP contribution in [-0.2, 0) is 9.59 Å². The van der Waals surface area contributed by atoms with Crippen LogP contribution < -0.4 is 15.4 Å². The molecule has 2 aromatic rings. The smallest absolute Gasteiger partial charge is 0.280 e. The first kappa shape index (κ1) is 14.5. The highest BCUT2D eigenvalue weighted by Crippen LogP contribution is 2.34. The van der Waals surface area contributed by atoms with Gasteiger partial charge < -0.3 is 10.1 Å². The summed E-state index contributed by atoms with van der Waals surface area (Å²) >= 11 is 1.23. The molecular formula is C14H14N4O3S. The molecule has 0 spiro atoms. The summed E-state index contributed by atoms with van der Waals surface area (Å²) in [5.41, 5.74) is -0.121. The molecule has 114 valence electrons. The minimum Gasteiger partial charge on any atom is -0.466 e. The second kappa shape index (κ2) is 5.06. The summed E-state index contributed by atoms with van der Waals surface area (Å²) < 4.78 is 5.66. The number of aromatic nitrogens is 2. The molecule has 2 N–H and O–H groups in total. The summed E-state index contributed by atoms with van der Waals surface area (Å²) in [6, 6.07) is 5.37. The van der Waals surface area contributed by atoms with Crippen molar-refractivity contribution in [3.05, 3.63) is 28.8 Å². The molecule has 7 nitrogen and oxygen atoms in total. The molecule has 0 saturated heterocycles. The van der Waals surface area contributed by atoms with Gasteiger partial charge >= 0.3 is 0 Å². The summed E-state index contributed by atoms with van der Waals surface area (Å²) in [5, 5.41) is 13.9. The molecule has 0 saturated carbocycles. The van der Waals surface area contributed by atoms with Gasteiger partial charge in [0.05, 0.1) is 5.69 Å². The molecule has 2 heterocycles. The van der Waals surface area contributed by atoms with E-state index in [0.29, 0.717) is 16.6 Å². The fraction of sp³-hybridized carbons (Fsp3) is 0.286. The molecule has 1 aliphatic rings. The number of rotatable bonds is 2. The maximum Gasteiger partial charge on any atom is 0.280 e. The van der Waals surface area contributed by atoms with Crippen LogP contribution in [0.5, 0.6) is 5.75 Å². The van der Waals surface area contributed by atoms with E-state index in [0.717, 1.165) is 10.6 Å². The van der Waals surface area contributed by atoms with Gasteiger partial charge in [-0.05, 0) is 38.5 Å². The van der Waals surface area contributed by atoms with Gasteiger partial charge in [-0.25, -0.2) is 0 Å². The van der Waals surface area contributed by atoms with Crippen LogP contribution in [-0.4, -0.2) is 27.6 Å². The summed E-state index contributed by atoms with van der Waals surface area (Å²) in [4.78, 5) is 24.7. The summed E-state index contributed by atoms with van der Waals surface area (Å²) in [5.74, 6) is -0.659. The van der Waals surface area contributed by atoms with E-state index in [1.165, 1.54) is 18.3 Å². The number of hydrogen-bond donors (Lipinski definition) is 2. The number of amides is 2. The van der Waals surface area contributed by atoms with E-state index in [9.17, 15) is 9.59 Å². The lowest BCUT2D eigenvalue weighted by Crippen LogP contribution is -2.56. The first-order valence-electron chi connectivity index (χ1n) is 6.61. The predicted octanol–water partition coefficient (Wildman–Crippen LogP) is 1.88. The number of carbonyl (C=O) groups excluding carboxylic acids is 2. The minimum absolute atomic E-state index is 0.329. The first-order valence-corrected chi connectivity index (χ1v) is 7.43. The third-order valence-electron chi connectivity index (χ3n) is 3.31. The van der Waals surface area contributed by atoms with Gasteiger partial charge in [-0.2, -0.15) is 0 Å². The van der Waals surface area contributed by atoms with E-state index in [1.54, 1.807) is 19.1 Å². The molecule has 1 unspecified atom stereocenters. The zero-order valence-electron chi connectivity index (χ0n) is 12.3. The van der Waals surface area contributed by atoms with Crippen molar-refractivity contribution in [3.63, 3.8) is 0 Å². The van der Waals surface area contributed by atoms with Crippen LogP contribution in [0.2, 0.25) is 0 Å². The van der Waals surface area contributed by atoms with E-state index in [1.807, 2.05) is 13.0 Å². The highest BCUT2D eigenvalue weighted by molar-refractivity contribution is 7.15. The fourth-order valence-corrected chi connectivity index (χ4v) is 2.64. The van der Waals surface area contributed by atoms with Crippen molar-refractivity contribution in [2.45, 2.75) is 26.4 Å². The Morgan fingerprint density at radius 2 is 2.14 bits per heavy atom. The van der Waals surface area contributed by atoms with Gasteiger partial charge in [-0.15, -0.1) is 10.2 Å². The van der Waals surface area contributed by atoms with Crippen molar-refractivity contribution in [3.8, 4) is 5.75 Å². The molecule has 0 radical (unpaired) electrons. The monoisotopic (exact) mass is 318 g/mol. The molecule has 1 aliphatic heterocycles. The number of nitrogens with zero attached hydrogens (tertiary/aromatic N) is 2. The third kappa shape index (κ3) is 2.41. The largest absolute Gasteiger partial charge is 0.466 e. The average Bonchev–Trinajstić information content (AvgIpc) is 2.86. The second-order valence-corrected chi connectivity index (χ2v) is 6.35. The Bertz CT molecular complexity index is 773. The van der Waals surface area contributed by atoms with Gasteiger partial charge in [0, 0.05) is 0 Å². The minimum atomic E-state index is -1.66. The Morgan fingerprint density at radius 1 is 1.36 bits per heavy atom. The van der Waals surface area contributed by atoms with Gasteiger partial charge in [0.15, 0.2) is 0 Å². The summed E-state index contributed by atoms with van der Waals surface area (Å²) in [7, 11) is 0. The van der Waals surface area contributed by atoms with Gasteiger partial charge in [0.25, 0.3) is 17.4 Å². The number of benzene rings is 1. The molecule has 22 heavy (non-hydrogen) atoms. The Labute approximate surface area is 130 Å². The third-order valence-corrected chi connectivity index (χ3v) is 4.06. The van der Waals surface area contributed by atoms with Gasteiger partial charge in [-0.3, -0.25) is 14.9 Å². The zero-order chi connectivity index (χ0) is 15.9. The van der Waals surface area contributed by atoms with Crippen LogP contribution in [0, 0.1) is 13.8 Å². The van der Waals surface area contributed by atoms with Crippen molar-refractivity contribution in [1.29, 1.82) is 0 Å². The number of carbonyl (C=O) groups is 2. The second-order valence-electron chi connectivity index (χ2n) is 5.17. The number of aryl methyl sites for hydroxylation is 2. The number of fused-ring (bicyclic) bond motifs is 1. The maximum atomic E-state index is 12.4. The molecule has 0 aliphatic carbocycles. The molecule has 8 heteroatoms. The normalized spacial score (nSPS) is 19.9. The van der Waals surface area contributed by atoms with Crippen LogP contribution in [0.3, 0.4) is 0 Å². The lowest BCUT2D eigenvalue weighted by Gasteiger charge is -2.33. The van der Waals surface area contributed by atoms with E-state index < -0.39 is 17.4 Å². The number of nitrogens with one attached hydrogen (secondary N) is 2. The SMILES string of the molecule is Cc1ccc2c(c1)NC(=O)C(C)(C(=O)Nc1nnc(C)s1)O2. The summed E-state index contributed by atoms with van der Waals surface area (Å²) in [6.07, 6.45) is 0. The van der Waals surface area contributed by atoms with Gasteiger partial charge in [0.1, 0.15) is 10.8 Å². The average molecular weight is 318 g/mol. The standard InChI is InChI=1S/C14H14N4O3S/c1-7-4-5-10-9(6-7)15-11(19)14(3,21-10)12(20)16-13-18-17-8(2)22-13/h4-6H,1-3H3,(H,15,19)(H,16,18,20). The molecule has 1 atom stereocenters. The Balaban J connectivity index is 1.87. The van der Waals surface area contributed by atoms with Crippen molar-refractivity contribution in [2.24, 2.45) is 0 Å². The fourth-order valence-electron chi connectivity index (χ4n) is 2.05. The molecule has 1 aromatic heterocycles. The zero-order valence-corrected chi connectivity index (χ0v) is 13.1.